The number of benzene rings is 1. The van der Waals surface area contributed by atoms with E-state index in [1.807, 2.05) is 4.90 Å². The van der Waals surface area contributed by atoms with Crippen LogP contribution in [0.15, 0.2) is 6.07 Å². The van der Waals surface area contributed by atoms with E-state index in [2.05, 4.69) is 5.32 Å². The molecule has 0 atom stereocenters. The fourth-order valence-electron chi connectivity index (χ4n) is 2.03. The van der Waals surface area contributed by atoms with Gasteiger partial charge in [-0.2, -0.15) is 0 Å². The van der Waals surface area contributed by atoms with Crippen LogP contribution in [0.2, 0.25) is 0 Å². The number of hydrogen-bond donors (Lipinski definition) is 2. The molecule has 1 aliphatic rings. The molecule has 1 heterocycles. The van der Waals surface area contributed by atoms with Gasteiger partial charge in [0.05, 0.1) is 7.11 Å². The molecule has 1 fully saturated rings. The quantitative estimate of drug-likeness (QED) is 0.851. The van der Waals surface area contributed by atoms with E-state index in [0.29, 0.717) is 0 Å². The first kappa shape index (κ1) is 13.0. The average molecular weight is 258 g/mol. The van der Waals surface area contributed by atoms with Crippen molar-refractivity contribution in [2.75, 3.05) is 33.3 Å². The molecule has 2 rings (SSSR count). The van der Waals surface area contributed by atoms with Gasteiger partial charge in [0.1, 0.15) is 0 Å². The SMILES string of the molecule is COc1cc(O)c(F)c(CN2CCNCC2)c1F. The summed E-state index contributed by atoms with van der Waals surface area (Å²) >= 11 is 0. The van der Waals surface area contributed by atoms with E-state index in [1.165, 1.54) is 7.11 Å². The van der Waals surface area contributed by atoms with Gasteiger partial charge in [0, 0.05) is 44.4 Å². The summed E-state index contributed by atoms with van der Waals surface area (Å²) in [5.74, 6) is -2.38. The van der Waals surface area contributed by atoms with Crippen molar-refractivity contribution in [1.82, 2.24) is 10.2 Å². The number of ether oxygens (including phenoxy) is 1. The molecule has 0 bridgehead atoms. The Labute approximate surface area is 104 Å². The molecule has 1 aromatic carbocycles. The molecule has 0 saturated carbocycles. The van der Waals surface area contributed by atoms with Gasteiger partial charge in [-0.15, -0.1) is 0 Å². The van der Waals surface area contributed by atoms with Crippen LogP contribution in [-0.2, 0) is 6.54 Å². The lowest BCUT2D eigenvalue weighted by molar-refractivity contribution is 0.225. The van der Waals surface area contributed by atoms with Gasteiger partial charge in [0.2, 0.25) is 0 Å². The summed E-state index contributed by atoms with van der Waals surface area (Å²) < 4.78 is 32.5. The van der Waals surface area contributed by atoms with E-state index in [0.717, 1.165) is 32.2 Å². The monoisotopic (exact) mass is 258 g/mol. The molecule has 0 aliphatic carbocycles. The van der Waals surface area contributed by atoms with E-state index in [4.69, 9.17) is 4.74 Å². The Morgan fingerprint density at radius 1 is 1.33 bits per heavy atom. The smallest absolute Gasteiger partial charge is 0.172 e. The van der Waals surface area contributed by atoms with Crippen LogP contribution in [0.1, 0.15) is 5.56 Å². The summed E-state index contributed by atoms with van der Waals surface area (Å²) in [5.41, 5.74) is -0.145. The minimum Gasteiger partial charge on any atom is -0.505 e. The fraction of sp³-hybridized carbons (Fsp3) is 0.500. The van der Waals surface area contributed by atoms with Crippen molar-refractivity contribution in [3.8, 4) is 11.5 Å². The normalized spacial score (nSPS) is 16.8. The van der Waals surface area contributed by atoms with Crippen molar-refractivity contribution < 1.29 is 18.6 Å². The zero-order chi connectivity index (χ0) is 13.1. The molecule has 1 aromatic rings. The van der Waals surface area contributed by atoms with Crippen LogP contribution in [0.5, 0.6) is 11.5 Å². The Bertz CT molecular complexity index is 435. The first-order valence-corrected chi connectivity index (χ1v) is 5.80. The number of aromatic hydroxyl groups is 1. The number of hydrogen-bond acceptors (Lipinski definition) is 4. The molecule has 0 aromatic heterocycles. The van der Waals surface area contributed by atoms with Gasteiger partial charge in [-0.3, -0.25) is 4.90 Å². The molecule has 0 unspecified atom stereocenters. The van der Waals surface area contributed by atoms with Crippen LogP contribution in [0.25, 0.3) is 0 Å². The van der Waals surface area contributed by atoms with Gasteiger partial charge in [0.15, 0.2) is 23.1 Å². The highest BCUT2D eigenvalue weighted by Gasteiger charge is 2.21. The summed E-state index contributed by atoms with van der Waals surface area (Å²) in [4.78, 5) is 1.93. The second-order valence-electron chi connectivity index (χ2n) is 4.23. The van der Waals surface area contributed by atoms with Gasteiger partial charge in [0.25, 0.3) is 0 Å². The number of nitrogens with zero attached hydrogens (tertiary/aromatic N) is 1. The van der Waals surface area contributed by atoms with Crippen molar-refractivity contribution in [3.63, 3.8) is 0 Å². The third-order valence-corrected chi connectivity index (χ3v) is 3.05. The lowest BCUT2D eigenvalue weighted by Gasteiger charge is -2.27. The van der Waals surface area contributed by atoms with Crippen LogP contribution in [-0.4, -0.2) is 43.3 Å². The van der Waals surface area contributed by atoms with Crippen LogP contribution in [0, 0.1) is 11.6 Å². The number of phenols is 1. The molecule has 100 valence electrons. The Morgan fingerprint density at radius 2 is 2.00 bits per heavy atom. The Balaban J connectivity index is 2.27. The highest BCUT2D eigenvalue weighted by atomic mass is 19.1. The van der Waals surface area contributed by atoms with Crippen LogP contribution < -0.4 is 10.1 Å². The summed E-state index contributed by atoms with van der Waals surface area (Å²) in [7, 11) is 1.28. The van der Waals surface area contributed by atoms with Crippen molar-refractivity contribution >= 4 is 0 Å². The predicted molar refractivity (Wildman–Crippen MR) is 62.7 cm³/mol. The number of halogens is 2. The van der Waals surface area contributed by atoms with Gasteiger partial charge in [-0.1, -0.05) is 0 Å². The van der Waals surface area contributed by atoms with Gasteiger partial charge < -0.3 is 15.2 Å². The summed E-state index contributed by atoms with van der Waals surface area (Å²) in [6, 6.07) is 0.950. The first-order valence-electron chi connectivity index (χ1n) is 5.80. The largest absolute Gasteiger partial charge is 0.505 e. The lowest BCUT2D eigenvalue weighted by Crippen LogP contribution is -2.43. The minimum atomic E-state index is -0.910. The Kier molecular flexibility index (Phi) is 3.98. The third-order valence-electron chi connectivity index (χ3n) is 3.05. The predicted octanol–water partition coefficient (Wildman–Crippen LogP) is 1.08. The van der Waals surface area contributed by atoms with Crippen molar-refractivity contribution in [1.29, 1.82) is 0 Å². The lowest BCUT2D eigenvalue weighted by atomic mass is 10.1. The zero-order valence-electron chi connectivity index (χ0n) is 10.2. The molecule has 18 heavy (non-hydrogen) atoms. The molecule has 1 saturated heterocycles. The molecular formula is C12H16F2N2O2. The van der Waals surface area contributed by atoms with Crippen LogP contribution in [0.3, 0.4) is 0 Å². The molecular weight excluding hydrogens is 242 g/mol. The topological polar surface area (TPSA) is 44.7 Å². The van der Waals surface area contributed by atoms with Crippen LogP contribution in [0.4, 0.5) is 8.78 Å². The molecule has 1 aliphatic heterocycles. The van der Waals surface area contributed by atoms with E-state index >= 15 is 0 Å². The second kappa shape index (κ2) is 5.49. The van der Waals surface area contributed by atoms with E-state index in [-0.39, 0.29) is 17.9 Å². The molecule has 2 N–H and O–H groups in total. The average Bonchev–Trinajstić information content (AvgIpc) is 2.40. The summed E-state index contributed by atoms with van der Waals surface area (Å²) in [5, 5.41) is 12.6. The van der Waals surface area contributed by atoms with Crippen molar-refractivity contribution in [2.24, 2.45) is 0 Å². The van der Waals surface area contributed by atoms with Gasteiger partial charge >= 0.3 is 0 Å². The molecule has 6 heteroatoms. The first-order chi connectivity index (χ1) is 8.63. The Morgan fingerprint density at radius 3 is 2.61 bits per heavy atom. The number of nitrogens with one attached hydrogen (secondary N) is 1. The maximum Gasteiger partial charge on any atom is 0.172 e. The Hall–Kier alpha value is -1.40. The summed E-state index contributed by atoms with van der Waals surface area (Å²) in [6.07, 6.45) is 0. The second-order valence-corrected chi connectivity index (χ2v) is 4.23. The standard InChI is InChI=1S/C12H16F2N2O2/c1-18-10-6-9(17)11(13)8(12(10)14)7-16-4-2-15-3-5-16/h6,15,17H,2-5,7H2,1H3. The molecule has 4 nitrogen and oxygen atoms in total. The number of phenolic OH excluding ortho intramolecular Hbond substituents is 1. The minimum absolute atomic E-state index is 0.129. The zero-order valence-corrected chi connectivity index (χ0v) is 10.2. The van der Waals surface area contributed by atoms with Crippen molar-refractivity contribution in [2.45, 2.75) is 6.54 Å². The number of piperazine rings is 1. The van der Waals surface area contributed by atoms with E-state index in [1.54, 1.807) is 0 Å². The number of rotatable bonds is 3. The van der Waals surface area contributed by atoms with E-state index in [9.17, 15) is 13.9 Å². The van der Waals surface area contributed by atoms with Gasteiger partial charge in [-0.05, 0) is 0 Å². The van der Waals surface area contributed by atoms with Crippen LogP contribution >= 0.6 is 0 Å². The highest BCUT2D eigenvalue weighted by molar-refractivity contribution is 5.41. The maximum absolute atomic E-state index is 14.0. The summed E-state index contributed by atoms with van der Waals surface area (Å²) in [6.45, 7) is 3.15. The molecule has 0 amide bonds. The van der Waals surface area contributed by atoms with Gasteiger partial charge in [-0.25, -0.2) is 8.78 Å². The van der Waals surface area contributed by atoms with Crippen molar-refractivity contribution in [3.05, 3.63) is 23.3 Å². The number of methoxy groups -OCH3 is 1. The van der Waals surface area contributed by atoms with E-state index < -0.39 is 17.4 Å². The third kappa shape index (κ3) is 2.54. The maximum atomic E-state index is 14.0. The fourth-order valence-corrected chi connectivity index (χ4v) is 2.03. The molecule has 0 spiro atoms. The molecule has 0 radical (unpaired) electrons. The highest BCUT2D eigenvalue weighted by Crippen LogP contribution is 2.31.